The Balaban J connectivity index is 1.44. The molecule has 2 saturated heterocycles. The minimum absolute atomic E-state index is 0.275. The lowest BCUT2D eigenvalue weighted by atomic mass is 9.99. The number of thioether (sulfide) groups is 1. The number of hydrogen-bond acceptors (Lipinski definition) is 7. The molecule has 2 aromatic carbocycles. The molecule has 2 fully saturated rings. The zero-order valence-electron chi connectivity index (χ0n) is 14.8. The van der Waals surface area contributed by atoms with E-state index >= 15 is 0 Å². The van der Waals surface area contributed by atoms with Gasteiger partial charge >= 0.3 is 0 Å². The standard InChI is InChI=1S/C20H22O6S/c1-23-13-9-7-12(8-10-13)19-24-11-15-18(26-19)16(21)17(22)20(25-15)27-14-5-3-2-4-6-14/h2-10,15-22H,11H2,1H3/t15-,16-,17-,18+,19+,20+/m1/s1. The molecule has 2 heterocycles. The van der Waals surface area contributed by atoms with Crippen LogP contribution in [-0.4, -0.2) is 53.8 Å². The Morgan fingerprint density at radius 3 is 2.41 bits per heavy atom. The molecular formula is C20H22O6S. The first kappa shape index (κ1) is 18.7. The summed E-state index contributed by atoms with van der Waals surface area (Å²) in [6.07, 6.45) is -3.85. The highest BCUT2D eigenvalue weighted by Crippen LogP contribution is 2.38. The van der Waals surface area contributed by atoms with Gasteiger partial charge in [-0.15, -0.1) is 0 Å². The lowest BCUT2D eigenvalue weighted by Crippen LogP contribution is -2.60. The van der Waals surface area contributed by atoms with Gasteiger partial charge in [0, 0.05) is 10.5 Å². The molecule has 7 heteroatoms. The fourth-order valence-corrected chi connectivity index (χ4v) is 4.32. The molecule has 0 aromatic heterocycles. The normalized spacial score (nSPS) is 33.3. The number of rotatable bonds is 4. The summed E-state index contributed by atoms with van der Waals surface area (Å²) in [7, 11) is 1.61. The lowest BCUT2D eigenvalue weighted by molar-refractivity contribution is -0.318. The monoisotopic (exact) mass is 390 g/mol. The van der Waals surface area contributed by atoms with Gasteiger partial charge < -0.3 is 29.2 Å². The van der Waals surface area contributed by atoms with Crippen molar-refractivity contribution in [2.75, 3.05) is 13.7 Å². The van der Waals surface area contributed by atoms with Crippen LogP contribution in [0.1, 0.15) is 11.9 Å². The summed E-state index contributed by atoms with van der Waals surface area (Å²) in [4.78, 5) is 0.959. The average molecular weight is 390 g/mol. The quantitative estimate of drug-likeness (QED) is 0.830. The Morgan fingerprint density at radius 1 is 0.963 bits per heavy atom. The van der Waals surface area contributed by atoms with E-state index in [0.717, 1.165) is 16.2 Å². The third-order valence-electron chi connectivity index (χ3n) is 4.72. The minimum Gasteiger partial charge on any atom is -0.497 e. The van der Waals surface area contributed by atoms with E-state index in [4.69, 9.17) is 18.9 Å². The maximum atomic E-state index is 10.6. The number of methoxy groups -OCH3 is 1. The van der Waals surface area contributed by atoms with Crippen LogP contribution in [0.15, 0.2) is 59.5 Å². The molecule has 6 nitrogen and oxygen atoms in total. The molecule has 0 aliphatic carbocycles. The molecular weight excluding hydrogens is 368 g/mol. The first-order valence-corrected chi connectivity index (χ1v) is 9.68. The summed E-state index contributed by atoms with van der Waals surface area (Å²) >= 11 is 1.38. The predicted octanol–water partition coefficient (Wildman–Crippen LogP) is 2.35. The van der Waals surface area contributed by atoms with Crippen LogP contribution >= 0.6 is 11.8 Å². The molecule has 27 heavy (non-hydrogen) atoms. The van der Waals surface area contributed by atoms with Crippen molar-refractivity contribution < 1.29 is 29.2 Å². The summed E-state index contributed by atoms with van der Waals surface area (Å²) in [6, 6.07) is 17.0. The molecule has 0 saturated carbocycles. The fraction of sp³-hybridized carbons (Fsp3) is 0.400. The van der Waals surface area contributed by atoms with Crippen LogP contribution in [0.4, 0.5) is 0 Å². The second-order valence-corrected chi connectivity index (χ2v) is 7.67. The summed E-state index contributed by atoms with van der Waals surface area (Å²) in [5.74, 6) is 0.740. The third-order valence-corrected chi connectivity index (χ3v) is 5.88. The topological polar surface area (TPSA) is 77.4 Å². The van der Waals surface area contributed by atoms with E-state index < -0.39 is 36.1 Å². The maximum Gasteiger partial charge on any atom is 0.184 e. The molecule has 6 atom stereocenters. The summed E-state index contributed by atoms with van der Waals surface area (Å²) in [5, 5.41) is 21.2. The van der Waals surface area contributed by atoms with E-state index in [1.807, 2.05) is 54.6 Å². The highest BCUT2D eigenvalue weighted by atomic mass is 32.2. The summed E-state index contributed by atoms with van der Waals surface area (Å²) < 4.78 is 22.9. The number of hydrogen-bond donors (Lipinski definition) is 2. The van der Waals surface area contributed by atoms with Crippen LogP contribution < -0.4 is 4.74 Å². The molecule has 0 amide bonds. The molecule has 0 unspecified atom stereocenters. The fourth-order valence-electron chi connectivity index (χ4n) is 3.24. The largest absolute Gasteiger partial charge is 0.497 e. The van der Waals surface area contributed by atoms with Crippen LogP contribution in [0.25, 0.3) is 0 Å². The molecule has 2 aliphatic heterocycles. The Morgan fingerprint density at radius 2 is 1.70 bits per heavy atom. The van der Waals surface area contributed by atoms with Crippen molar-refractivity contribution >= 4 is 11.8 Å². The van der Waals surface area contributed by atoms with Crippen molar-refractivity contribution in [1.29, 1.82) is 0 Å². The summed E-state index contributed by atoms with van der Waals surface area (Å²) in [6.45, 7) is 0.275. The van der Waals surface area contributed by atoms with Crippen LogP contribution in [0, 0.1) is 0 Å². The van der Waals surface area contributed by atoms with Gasteiger partial charge in [0.15, 0.2) is 6.29 Å². The number of ether oxygens (including phenoxy) is 4. The second-order valence-electron chi connectivity index (χ2n) is 6.49. The zero-order valence-corrected chi connectivity index (χ0v) is 15.6. The van der Waals surface area contributed by atoms with Crippen LogP contribution in [0.5, 0.6) is 5.75 Å². The van der Waals surface area contributed by atoms with Crippen molar-refractivity contribution in [3.05, 3.63) is 60.2 Å². The smallest absolute Gasteiger partial charge is 0.184 e. The third kappa shape index (κ3) is 3.99. The van der Waals surface area contributed by atoms with Gasteiger partial charge in [0.1, 0.15) is 35.6 Å². The Bertz CT molecular complexity index is 738. The first-order chi connectivity index (χ1) is 13.2. The SMILES string of the molecule is COc1ccc([C@H]2OC[C@H]3O[C@@H](Sc4ccccc4)[C@H](O)[C@@H](O)[C@H]3O2)cc1. The molecule has 4 rings (SSSR count). The Labute approximate surface area is 162 Å². The molecule has 0 spiro atoms. The average Bonchev–Trinajstić information content (AvgIpc) is 2.72. The van der Waals surface area contributed by atoms with Crippen molar-refractivity contribution in [2.45, 2.75) is 41.0 Å². The molecule has 2 aromatic rings. The van der Waals surface area contributed by atoms with Gasteiger partial charge in [-0.25, -0.2) is 0 Å². The number of aliphatic hydroxyl groups is 2. The Hall–Kier alpha value is -1.61. The summed E-state index contributed by atoms with van der Waals surface area (Å²) in [5.41, 5.74) is 0.227. The molecule has 2 N–H and O–H groups in total. The Kier molecular flexibility index (Phi) is 5.68. The van der Waals surface area contributed by atoms with E-state index in [1.54, 1.807) is 7.11 Å². The molecule has 2 aliphatic rings. The molecule has 0 radical (unpaired) electrons. The second kappa shape index (κ2) is 8.18. The molecule has 0 bridgehead atoms. The maximum absolute atomic E-state index is 10.6. The van der Waals surface area contributed by atoms with E-state index in [9.17, 15) is 10.2 Å². The van der Waals surface area contributed by atoms with E-state index in [0.29, 0.717) is 0 Å². The van der Waals surface area contributed by atoms with Crippen LogP contribution in [-0.2, 0) is 14.2 Å². The van der Waals surface area contributed by atoms with Crippen molar-refractivity contribution in [1.82, 2.24) is 0 Å². The van der Waals surface area contributed by atoms with E-state index in [-0.39, 0.29) is 6.61 Å². The van der Waals surface area contributed by atoms with Crippen LogP contribution in [0.3, 0.4) is 0 Å². The number of fused-ring (bicyclic) bond motifs is 1. The van der Waals surface area contributed by atoms with Gasteiger partial charge in [-0.2, -0.15) is 0 Å². The van der Waals surface area contributed by atoms with Gasteiger partial charge in [0.2, 0.25) is 0 Å². The highest BCUT2D eigenvalue weighted by Gasteiger charge is 2.49. The zero-order chi connectivity index (χ0) is 18.8. The van der Waals surface area contributed by atoms with Crippen LogP contribution in [0.2, 0.25) is 0 Å². The first-order valence-electron chi connectivity index (χ1n) is 8.80. The van der Waals surface area contributed by atoms with Gasteiger partial charge in [-0.05, 0) is 24.3 Å². The minimum atomic E-state index is -1.06. The number of benzene rings is 2. The van der Waals surface area contributed by atoms with Gasteiger partial charge in [0.25, 0.3) is 0 Å². The van der Waals surface area contributed by atoms with E-state index in [2.05, 4.69) is 0 Å². The van der Waals surface area contributed by atoms with Gasteiger partial charge in [-0.3, -0.25) is 0 Å². The van der Waals surface area contributed by atoms with E-state index in [1.165, 1.54) is 11.8 Å². The van der Waals surface area contributed by atoms with Crippen molar-refractivity contribution in [2.24, 2.45) is 0 Å². The van der Waals surface area contributed by atoms with Gasteiger partial charge in [-0.1, -0.05) is 42.1 Å². The number of aliphatic hydroxyl groups excluding tert-OH is 2. The lowest BCUT2D eigenvalue weighted by Gasteiger charge is -2.46. The van der Waals surface area contributed by atoms with Gasteiger partial charge in [0.05, 0.1) is 13.7 Å². The molecule has 144 valence electrons. The van der Waals surface area contributed by atoms with Crippen molar-refractivity contribution in [3.8, 4) is 5.75 Å². The highest BCUT2D eigenvalue weighted by molar-refractivity contribution is 7.99. The predicted molar refractivity (Wildman–Crippen MR) is 99.5 cm³/mol. The van der Waals surface area contributed by atoms with Crippen molar-refractivity contribution in [3.63, 3.8) is 0 Å².